The first-order chi connectivity index (χ1) is 34.2. The SMILES string of the molecule is CC1(C)CC[C@]2(C(=O)O)CC[C@]3(C)C(=CC[C@@H]4[C@@]5(C)CC[C@H](O[C@@H]6O[C@H](CO)[C@@H](O)[C@H](O[C@@H]7OC[C@H](O)[C@H](O[C@@H]8OC[C@](O)(CO)[C@H]8O)[C@H]7O)[C@H]6O[C@@H]6O[C@H](CO)[C@@H](O)[C@H](O)[C@H]6O)C(C)(C)[C@@H]5CC[C@]43C)[C@@H]2C1. The lowest BCUT2D eigenvalue weighted by Gasteiger charge is -2.71. The van der Waals surface area contributed by atoms with E-state index in [2.05, 4.69) is 54.5 Å². The van der Waals surface area contributed by atoms with Gasteiger partial charge >= 0.3 is 5.97 Å². The van der Waals surface area contributed by atoms with Crippen LogP contribution in [0.5, 0.6) is 0 Å². The molecule has 0 aromatic heterocycles. The quantitative estimate of drug-likeness (QED) is 0.0890. The van der Waals surface area contributed by atoms with Crippen LogP contribution in [0.1, 0.15) is 113 Å². The maximum atomic E-state index is 13.2. The summed E-state index contributed by atoms with van der Waals surface area (Å²) in [5.74, 6) is -0.326. The lowest BCUT2D eigenvalue weighted by Crippen LogP contribution is -2.68. The van der Waals surface area contributed by atoms with Gasteiger partial charge in [0.25, 0.3) is 0 Å². The summed E-state index contributed by atoms with van der Waals surface area (Å²) >= 11 is 0. The van der Waals surface area contributed by atoms with Gasteiger partial charge in [0.1, 0.15) is 78.8 Å². The Morgan fingerprint density at radius 2 is 1.30 bits per heavy atom. The number of hydrogen-bond acceptors (Lipinski definition) is 20. The first-order valence-corrected chi connectivity index (χ1v) is 26.6. The van der Waals surface area contributed by atoms with Gasteiger partial charge in [0, 0.05) is 0 Å². The van der Waals surface area contributed by atoms with Crippen LogP contribution in [0, 0.1) is 50.2 Å². The fourth-order valence-electron chi connectivity index (χ4n) is 16.1. The van der Waals surface area contributed by atoms with Gasteiger partial charge in [-0.15, -0.1) is 0 Å². The Labute approximate surface area is 426 Å². The van der Waals surface area contributed by atoms with Crippen LogP contribution < -0.4 is 0 Å². The molecule has 0 radical (unpaired) electrons. The molecule has 0 bridgehead atoms. The van der Waals surface area contributed by atoms with E-state index >= 15 is 0 Å². The Hall–Kier alpha value is -1.55. The minimum Gasteiger partial charge on any atom is -0.481 e. The average molecular weight is 1050 g/mol. The molecule has 8 fully saturated rings. The standard InChI is InChI=1S/C52H84O21/c1-46(2)14-16-51(45(63)64)17-15-49(6)24(25(51)18-46)8-9-30-48(5)12-11-31(47(3,4)29(48)10-13-50(30,49)7)70-43-39(73-42-35(60)34(59)32(57)27(19-53)68-42)38(33(58)28(20-54)69-43)72-41-36(61)37(26(56)21-66-41)71-44-40(62)52(65,22-55)23-67-44/h8,25-44,53-62,65H,9-23H2,1-7H3,(H,63,64)/t25-,26-,27+,28+,29-,30+,31-,32+,33+,34-,35+,36+,37-,38-,39+,40-,41-,42-,43-,44-,48-,49+,50+,51-,52+/m0/s1. The molecule has 9 aliphatic rings. The molecular weight excluding hydrogens is 961 g/mol. The summed E-state index contributed by atoms with van der Waals surface area (Å²) in [6.45, 7) is 12.7. The zero-order valence-electron chi connectivity index (χ0n) is 43.3. The number of allylic oxidation sites excluding steroid dienone is 2. The fourth-order valence-corrected chi connectivity index (χ4v) is 16.1. The van der Waals surface area contributed by atoms with Gasteiger partial charge in [-0.05, 0) is 109 Å². The van der Waals surface area contributed by atoms with Gasteiger partial charge in [0.2, 0.25) is 0 Å². The molecule has 73 heavy (non-hydrogen) atoms. The number of aliphatic carboxylic acids is 1. The number of carboxylic acid groups (broad SMARTS) is 1. The van der Waals surface area contributed by atoms with E-state index in [1.807, 2.05) is 0 Å². The summed E-state index contributed by atoms with van der Waals surface area (Å²) in [5, 5.41) is 130. The van der Waals surface area contributed by atoms with Crippen molar-refractivity contribution >= 4 is 5.97 Å². The fraction of sp³-hybridized carbons (Fsp3) is 0.942. The number of carbonyl (C=O) groups is 1. The minimum absolute atomic E-state index is 0.0239. The molecule has 25 atom stereocenters. The average Bonchev–Trinajstić information content (AvgIpc) is 3.62. The van der Waals surface area contributed by atoms with Crippen LogP contribution in [0.15, 0.2) is 11.6 Å². The summed E-state index contributed by atoms with van der Waals surface area (Å²) in [6.07, 6.45) is -17.2. The molecule has 4 saturated carbocycles. The van der Waals surface area contributed by atoms with Crippen LogP contribution in [0.25, 0.3) is 0 Å². The van der Waals surface area contributed by atoms with Gasteiger partial charge < -0.3 is 99.2 Å². The third kappa shape index (κ3) is 9.01. The zero-order valence-corrected chi connectivity index (χ0v) is 43.3. The van der Waals surface area contributed by atoms with Gasteiger partial charge in [-0.25, -0.2) is 0 Å². The molecule has 4 aliphatic heterocycles. The van der Waals surface area contributed by atoms with Crippen molar-refractivity contribution in [3.63, 3.8) is 0 Å². The van der Waals surface area contributed by atoms with Gasteiger partial charge in [0.15, 0.2) is 25.2 Å². The number of hydrogen-bond donors (Lipinski definition) is 12. The maximum Gasteiger partial charge on any atom is 0.310 e. The largest absolute Gasteiger partial charge is 0.481 e. The first kappa shape index (κ1) is 56.2. The van der Waals surface area contributed by atoms with Crippen LogP contribution in [0.4, 0.5) is 0 Å². The predicted molar refractivity (Wildman–Crippen MR) is 251 cm³/mol. The van der Waals surface area contributed by atoms with E-state index in [1.54, 1.807) is 0 Å². The molecule has 4 heterocycles. The van der Waals surface area contributed by atoms with Gasteiger partial charge in [-0.2, -0.15) is 0 Å². The zero-order chi connectivity index (χ0) is 53.2. The molecule has 0 aromatic rings. The number of ether oxygens (including phenoxy) is 8. The lowest BCUT2D eigenvalue weighted by atomic mass is 9.33. The molecule has 0 spiro atoms. The smallest absolute Gasteiger partial charge is 0.310 e. The number of aliphatic hydroxyl groups is 11. The van der Waals surface area contributed by atoms with E-state index in [0.29, 0.717) is 19.3 Å². The van der Waals surface area contributed by atoms with E-state index in [1.165, 1.54) is 5.57 Å². The number of aliphatic hydroxyl groups excluding tert-OH is 10. The molecule has 21 heteroatoms. The van der Waals surface area contributed by atoms with Crippen LogP contribution in [0.3, 0.4) is 0 Å². The first-order valence-electron chi connectivity index (χ1n) is 26.6. The molecule has 0 unspecified atom stereocenters. The molecule has 21 nitrogen and oxygen atoms in total. The molecule has 418 valence electrons. The monoisotopic (exact) mass is 1040 g/mol. The molecule has 4 saturated heterocycles. The van der Waals surface area contributed by atoms with Crippen molar-refractivity contribution < 1.29 is 104 Å². The molecule has 0 aromatic carbocycles. The molecule has 9 rings (SSSR count). The van der Waals surface area contributed by atoms with Gasteiger partial charge in [-0.3, -0.25) is 4.79 Å². The van der Waals surface area contributed by atoms with Gasteiger partial charge in [0.05, 0.1) is 44.6 Å². The van der Waals surface area contributed by atoms with Crippen molar-refractivity contribution in [2.45, 2.75) is 223 Å². The Bertz CT molecular complexity index is 2020. The van der Waals surface area contributed by atoms with E-state index in [0.717, 1.165) is 44.9 Å². The summed E-state index contributed by atoms with van der Waals surface area (Å²) in [7, 11) is 0. The summed E-state index contributed by atoms with van der Waals surface area (Å²) in [6, 6.07) is 0. The highest BCUT2D eigenvalue weighted by atomic mass is 16.8. The topological polar surface area (TPSA) is 334 Å². The van der Waals surface area contributed by atoms with E-state index in [9.17, 15) is 66.1 Å². The van der Waals surface area contributed by atoms with Crippen LogP contribution in [0.2, 0.25) is 0 Å². The Morgan fingerprint density at radius 3 is 1.96 bits per heavy atom. The summed E-state index contributed by atoms with van der Waals surface area (Å²) in [4.78, 5) is 13.2. The molecule has 0 amide bonds. The Kier molecular flexibility index (Phi) is 15.4. The molecule has 12 N–H and O–H groups in total. The van der Waals surface area contributed by atoms with Crippen LogP contribution in [-0.2, 0) is 42.7 Å². The normalized spacial score (nSPS) is 53.5. The maximum absolute atomic E-state index is 13.2. The van der Waals surface area contributed by atoms with Gasteiger partial charge in [-0.1, -0.05) is 60.1 Å². The van der Waals surface area contributed by atoms with Crippen molar-refractivity contribution in [1.29, 1.82) is 0 Å². The minimum atomic E-state index is -2.09. The highest BCUT2D eigenvalue weighted by Crippen LogP contribution is 2.76. The Balaban J connectivity index is 0.997. The summed E-state index contributed by atoms with van der Waals surface area (Å²) in [5.41, 5.74) is -2.53. The number of carboxylic acids is 1. The van der Waals surface area contributed by atoms with Crippen molar-refractivity contribution in [3.8, 4) is 0 Å². The van der Waals surface area contributed by atoms with Crippen molar-refractivity contribution in [2.75, 3.05) is 33.0 Å². The van der Waals surface area contributed by atoms with Crippen molar-refractivity contribution in [3.05, 3.63) is 11.6 Å². The van der Waals surface area contributed by atoms with E-state index < -0.39 is 160 Å². The highest BCUT2D eigenvalue weighted by molar-refractivity contribution is 5.76. The third-order valence-electron chi connectivity index (χ3n) is 20.8. The van der Waals surface area contributed by atoms with Crippen molar-refractivity contribution in [2.24, 2.45) is 50.2 Å². The van der Waals surface area contributed by atoms with Crippen LogP contribution in [-0.4, -0.2) is 210 Å². The number of rotatable bonds is 12. The van der Waals surface area contributed by atoms with Crippen molar-refractivity contribution in [1.82, 2.24) is 0 Å². The second-order valence-electron chi connectivity index (χ2n) is 25.5. The molecule has 5 aliphatic carbocycles. The van der Waals surface area contributed by atoms with Crippen LogP contribution >= 0.6 is 0 Å². The predicted octanol–water partition coefficient (Wildman–Crippen LogP) is -0.190. The summed E-state index contributed by atoms with van der Waals surface area (Å²) < 4.78 is 48.7. The Morgan fingerprint density at radius 1 is 0.658 bits per heavy atom. The molecular formula is C52H84O21. The van der Waals surface area contributed by atoms with E-state index in [-0.39, 0.29) is 39.4 Å². The second-order valence-corrected chi connectivity index (χ2v) is 25.5. The third-order valence-corrected chi connectivity index (χ3v) is 20.8. The second kappa shape index (κ2) is 20.0. The van der Waals surface area contributed by atoms with E-state index in [4.69, 9.17) is 37.9 Å². The number of fused-ring (bicyclic) bond motifs is 7. The highest BCUT2D eigenvalue weighted by Gasteiger charge is 2.70. The lowest BCUT2D eigenvalue weighted by molar-refractivity contribution is -0.398.